The Morgan fingerprint density at radius 3 is 2.88 bits per heavy atom. The molecule has 0 amide bonds. The Hall–Kier alpha value is -0.450. The summed E-state index contributed by atoms with van der Waals surface area (Å²) in [5.74, 6) is -0.183. The molecule has 0 aromatic heterocycles. The van der Waals surface area contributed by atoms with Gasteiger partial charge in [0.1, 0.15) is 5.82 Å². The average Bonchev–Trinajstić information content (AvgIpc) is 2.22. The number of hydrogen-bond acceptors (Lipinski definition) is 2. The lowest BCUT2D eigenvalue weighted by atomic mass is 10.0. The molecule has 1 aliphatic heterocycles. The van der Waals surface area contributed by atoms with Gasteiger partial charge in [-0.15, -0.1) is 0 Å². The summed E-state index contributed by atoms with van der Waals surface area (Å²) >= 11 is 3.17. The minimum absolute atomic E-state index is 0.145. The van der Waals surface area contributed by atoms with Crippen LogP contribution in [0.25, 0.3) is 0 Å². The number of benzene rings is 1. The Labute approximate surface area is 110 Å². The van der Waals surface area contributed by atoms with Crippen LogP contribution < -0.4 is 5.32 Å². The van der Waals surface area contributed by atoms with Crippen molar-refractivity contribution in [1.82, 2.24) is 10.2 Å². The predicted molar refractivity (Wildman–Crippen MR) is 71.5 cm³/mol. The van der Waals surface area contributed by atoms with Crippen LogP contribution in [0.5, 0.6) is 0 Å². The molecule has 1 aromatic carbocycles. The summed E-state index contributed by atoms with van der Waals surface area (Å²) in [7, 11) is 0. The summed E-state index contributed by atoms with van der Waals surface area (Å²) in [5.41, 5.74) is 1.18. The van der Waals surface area contributed by atoms with Crippen molar-refractivity contribution in [2.45, 2.75) is 25.9 Å². The molecule has 1 aromatic rings. The first-order chi connectivity index (χ1) is 7.96. The first kappa shape index (κ1) is 13.0. The molecule has 17 heavy (non-hydrogen) atoms. The standard InChI is InChI=1S/C13H18BrFN2/c1-13(2)9-17(6-5-16-13)8-10-3-4-11(14)12(15)7-10/h3-4,7,16H,5-6,8-9H2,1-2H3. The third-order valence-corrected chi connectivity index (χ3v) is 3.68. The number of hydrogen-bond donors (Lipinski definition) is 1. The van der Waals surface area contributed by atoms with Crippen molar-refractivity contribution >= 4 is 15.9 Å². The van der Waals surface area contributed by atoms with Gasteiger partial charge in [-0.3, -0.25) is 4.90 Å². The van der Waals surface area contributed by atoms with E-state index in [9.17, 15) is 4.39 Å². The van der Waals surface area contributed by atoms with Gasteiger partial charge in [0, 0.05) is 31.7 Å². The summed E-state index contributed by atoms with van der Waals surface area (Å²) in [4.78, 5) is 2.36. The molecular formula is C13H18BrFN2. The molecule has 1 heterocycles. The fourth-order valence-corrected chi connectivity index (χ4v) is 2.52. The quantitative estimate of drug-likeness (QED) is 0.903. The summed E-state index contributed by atoms with van der Waals surface area (Å²) in [5, 5.41) is 3.47. The molecule has 2 nitrogen and oxygen atoms in total. The zero-order valence-corrected chi connectivity index (χ0v) is 11.8. The van der Waals surface area contributed by atoms with E-state index in [-0.39, 0.29) is 11.4 Å². The van der Waals surface area contributed by atoms with Crippen LogP contribution in [0.2, 0.25) is 0 Å². The molecular weight excluding hydrogens is 283 g/mol. The van der Waals surface area contributed by atoms with Gasteiger partial charge in [-0.2, -0.15) is 0 Å². The van der Waals surface area contributed by atoms with Crippen molar-refractivity contribution < 1.29 is 4.39 Å². The number of nitrogens with one attached hydrogen (secondary N) is 1. The maximum Gasteiger partial charge on any atom is 0.137 e. The summed E-state index contributed by atoms with van der Waals surface area (Å²) < 4.78 is 13.9. The molecule has 0 unspecified atom stereocenters. The van der Waals surface area contributed by atoms with Gasteiger partial charge < -0.3 is 5.32 Å². The Morgan fingerprint density at radius 2 is 2.24 bits per heavy atom. The van der Waals surface area contributed by atoms with E-state index < -0.39 is 0 Å². The third kappa shape index (κ3) is 3.50. The minimum atomic E-state index is -0.183. The maximum atomic E-state index is 13.4. The average molecular weight is 301 g/mol. The van der Waals surface area contributed by atoms with Crippen LogP contribution in [0.4, 0.5) is 4.39 Å². The molecule has 4 heteroatoms. The molecule has 0 atom stereocenters. The van der Waals surface area contributed by atoms with E-state index in [4.69, 9.17) is 0 Å². The molecule has 0 bridgehead atoms. The van der Waals surface area contributed by atoms with E-state index in [0.29, 0.717) is 4.47 Å². The van der Waals surface area contributed by atoms with Gasteiger partial charge in [0.25, 0.3) is 0 Å². The molecule has 0 radical (unpaired) electrons. The number of nitrogens with zero attached hydrogens (tertiary/aromatic N) is 1. The summed E-state index contributed by atoms with van der Waals surface area (Å²) in [6.07, 6.45) is 0. The second kappa shape index (κ2) is 5.04. The van der Waals surface area contributed by atoms with Gasteiger partial charge in [-0.05, 0) is 47.5 Å². The van der Waals surface area contributed by atoms with E-state index >= 15 is 0 Å². The van der Waals surface area contributed by atoms with Gasteiger partial charge in [0.15, 0.2) is 0 Å². The molecule has 1 N–H and O–H groups in total. The first-order valence-corrected chi connectivity index (χ1v) is 6.67. The van der Waals surface area contributed by atoms with E-state index in [1.54, 1.807) is 12.1 Å². The van der Waals surface area contributed by atoms with Crippen molar-refractivity contribution in [3.8, 4) is 0 Å². The highest BCUT2D eigenvalue weighted by Gasteiger charge is 2.25. The molecule has 0 saturated carbocycles. The van der Waals surface area contributed by atoms with Crippen LogP contribution in [-0.4, -0.2) is 30.1 Å². The van der Waals surface area contributed by atoms with Crippen LogP contribution in [-0.2, 0) is 6.54 Å². The molecule has 94 valence electrons. The van der Waals surface area contributed by atoms with Crippen LogP contribution in [0.15, 0.2) is 22.7 Å². The number of piperazine rings is 1. The molecule has 1 aliphatic rings. The van der Waals surface area contributed by atoms with Crippen LogP contribution >= 0.6 is 15.9 Å². The van der Waals surface area contributed by atoms with Crippen molar-refractivity contribution in [2.24, 2.45) is 0 Å². The van der Waals surface area contributed by atoms with Crippen molar-refractivity contribution in [3.63, 3.8) is 0 Å². The second-order valence-electron chi connectivity index (χ2n) is 5.27. The Kier molecular flexibility index (Phi) is 3.85. The van der Waals surface area contributed by atoms with Gasteiger partial charge in [0.2, 0.25) is 0 Å². The van der Waals surface area contributed by atoms with E-state index in [1.807, 2.05) is 6.07 Å². The topological polar surface area (TPSA) is 15.3 Å². The zero-order valence-electron chi connectivity index (χ0n) is 10.3. The minimum Gasteiger partial charge on any atom is -0.309 e. The summed E-state index contributed by atoms with van der Waals surface area (Å²) in [6.45, 7) is 8.20. The first-order valence-electron chi connectivity index (χ1n) is 5.88. The molecule has 0 aliphatic carbocycles. The van der Waals surface area contributed by atoms with Crippen LogP contribution in [0.1, 0.15) is 19.4 Å². The lowest BCUT2D eigenvalue weighted by Crippen LogP contribution is -2.56. The third-order valence-electron chi connectivity index (χ3n) is 3.04. The SMILES string of the molecule is CC1(C)CN(Cc2ccc(Br)c(F)c2)CCN1. The van der Waals surface area contributed by atoms with Gasteiger partial charge in [-0.1, -0.05) is 6.07 Å². The maximum absolute atomic E-state index is 13.4. The molecule has 1 fully saturated rings. The number of rotatable bonds is 2. The normalized spacial score (nSPS) is 20.5. The zero-order chi connectivity index (χ0) is 12.5. The Balaban J connectivity index is 2.03. The van der Waals surface area contributed by atoms with Crippen molar-refractivity contribution in [3.05, 3.63) is 34.1 Å². The second-order valence-corrected chi connectivity index (χ2v) is 6.12. The summed E-state index contributed by atoms with van der Waals surface area (Å²) in [6, 6.07) is 5.36. The van der Waals surface area contributed by atoms with Crippen LogP contribution in [0.3, 0.4) is 0 Å². The highest BCUT2D eigenvalue weighted by Crippen LogP contribution is 2.19. The molecule has 2 rings (SSSR count). The number of halogens is 2. The largest absolute Gasteiger partial charge is 0.309 e. The van der Waals surface area contributed by atoms with Crippen molar-refractivity contribution in [2.75, 3.05) is 19.6 Å². The van der Waals surface area contributed by atoms with Crippen molar-refractivity contribution in [1.29, 1.82) is 0 Å². The smallest absolute Gasteiger partial charge is 0.137 e. The van der Waals surface area contributed by atoms with Gasteiger partial charge >= 0.3 is 0 Å². The lowest BCUT2D eigenvalue weighted by molar-refractivity contribution is 0.148. The van der Waals surface area contributed by atoms with Crippen LogP contribution in [0, 0.1) is 5.82 Å². The predicted octanol–water partition coefficient (Wildman–Crippen LogP) is 2.77. The fraction of sp³-hybridized carbons (Fsp3) is 0.538. The van der Waals surface area contributed by atoms with Gasteiger partial charge in [-0.25, -0.2) is 4.39 Å². The van der Waals surface area contributed by atoms with E-state index in [2.05, 4.69) is 40.0 Å². The lowest BCUT2D eigenvalue weighted by Gasteiger charge is -2.39. The van der Waals surface area contributed by atoms with Gasteiger partial charge in [0.05, 0.1) is 4.47 Å². The highest BCUT2D eigenvalue weighted by atomic mass is 79.9. The van der Waals surface area contributed by atoms with E-state index in [1.165, 1.54) is 0 Å². The molecule has 1 saturated heterocycles. The molecule has 0 spiro atoms. The fourth-order valence-electron chi connectivity index (χ4n) is 2.28. The Bertz CT molecular complexity index is 406. The Morgan fingerprint density at radius 1 is 1.47 bits per heavy atom. The highest BCUT2D eigenvalue weighted by molar-refractivity contribution is 9.10. The van der Waals surface area contributed by atoms with E-state index in [0.717, 1.165) is 31.7 Å². The monoisotopic (exact) mass is 300 g/mol.